The van der Waals surface area contributed by atoms with Crippen molar-refractivity contribution in [3.63, 3.8) is 0 Å². The molecule has 2 aliphatic rings. The Labute approximate surface area is 137 Å². The van der Waals surface area contributed by atoms with Gasteiger partial charge in [-0.25, -0.2) is 5.01 Å². The Morgan fingerprint density at radius 2 is 2.13 bits per heavy atom. The maximum Gasteiger partial charge on any atom is 0.276 e. The average molecular weight is 325 g/mol. The van der Waals surface area contributed by atoms with E-state index in [-0.39, 0.29) is 12.1 Å². The minimum atomic E-state index is -0.367. The molecule has 1 atom stereocenters. The third-order valence-corrected chi connectivity index (χ3v) is 4.44. The first-order valence-corrected chi connectivity index (χ1v) is 8.39. The molecule has 1 amide bonds. The first-order valence-electron chi connectivity index (χ1n) is 7.40. The Kier molecular flexibility index (Phi) is 3.42. The van der Waals surface area contributed by atoms with Crippen LogP contribution in [0.1, 0.15) is 18.8 Å². The van der Waals surface area contributed by atoms with Gasteiger partial charge in [-0.1, -0.05) is 36.9 Å². The highest BCUT2D eigenvalue weighted by Gasteiger charge is 2.34. The van der Waals surface area contributed by atoms with E-state index in [1.54, 1.807) is 5.01 Å². The molecule has 0 saturated carbocycles. The van der Waals surface area contributed by atoms with Gasteiger partial charge in [-0.15, -0.1) is 5.10 Å². The van der Waals surface area contributed by atoms with Crippen LogP contribution < -0.4 is 15.9 Å². The summed E-state index contributed by atoms with van der Waals surface area (Å²) in [4.78, 5) is 20.6. The molecule has 0 saturated heterocycles. The summed E-state index contributed by atoms with van der Waals surface area (Å²) in [6, 6.07) is 11.5. The van der Waals surface area contributed by atoms with Crippen LogP contribution in [0.4, 0.5) is 0 Å². The molecule has 2 aliphatic heterocycles. The van der Waals surface area contributed by atoms with Gasteiger partial charge in [0.1, 0.15) is 5.70 Å². The highest BCUT2D eigenvalue weighted by atomic mass is 32.2. The summed E-state index contributed by atoms with van der Waals surface area (Å²) in [5.74, 6) is 0.693. The number of rotatable bonds is 2. The number of hydrazone groups is 1. The highest BCUT2D eigenvalue weighted by molar-refractivity contribution is 8.13. The number of carbonyl (C=O) groups is 1. The van der Waals surface area contributed by atoms with Gasteiger partial charge < -0.3 is 4.98 Å². The average Bonchev–Trinajstić information content (AvgIpc) is 3.08. The number of H-pyrrole nitrogens is 1. The van der Waals surface area contributed by atoms with E-state index >= 15 is 0 Å². The van der Waals surface area contributed by atoms with Crippen molar-refractivity contribution in [2.24, 2.45) is 10.1 Å². The van der Waals surface area contributed by atoms with Crippen LogP contribution >= 0.6 is 11.8 Å². The van der Waals surface area contributed by atoms with Crippen LogP contribution in [0.2, 0.25) is 0 Å². The Morgan fingerprint density at radius 1 is 1.26 bits per heavy atom. The van der Waals surface area contributed by atoms with E-state index in [1.807, 2.05) is 49.5 Å². The lowest BCUT2D eigenvalue weighted by molar-refractivity contribution is -0.116. The van der Waals surface area contributed by atoms with Crippen molar-refractivity contribution in [1.82, 2.24) is 15.3 Å². The molecule has 3 heterocycles. The molecule has 0 fully saturated rings. The SMILES string of the molecule is CCSC1=NN2C(=c3ccccc3=NC2c2ccc[nH]2)C(=O)N1. The van der Waals surface area contributed by atoms with Gasteiger partial charge in [0.05, 0.1) is 11.1 Å². The second-order valence-electron chi connectivity index (χ2n) is 5.13. The molecule has 1 unspecified atom stereocenters. The first kappa shape index (κ1) is 14.1. The number of hydrogen-bond acceptors (Lipinski definition) is 5. The van der Waals surface area contributed by atoms with Crippen LogP contribution in [-0.2, 0) is 4.79 Å². The zero-order chi connectivity index (χ0) is 15.8. The lowest BCUT2D eigenvalue weighted by Crippen LogP contribution is -2.50. The largest absolute Gasteiger partial charge is 0.362 e. The van der Waals surface area contributed by atoms with E-state index in [1.165, 1.54) is 11.8 Å². The molecule has 4 rings (SSSR count). The molecule has 6 nitrogen and oxygen atoms in total. The van der Waals surface area contributed by atoms with E-state index in [0.29, 0.717) is 10.9 Å². The summed E-state index contributed by atoms with van der Waals surface area (Å²) < 4.78 is 0. The number of amides is 1. The minimum Gasteiger partial charge on any atom is -0.362 e. The van der Waals surface area contributed by atoms with Gasteiger partial charge in [0.25, 0.3) is 5.91 Å². The summed E-state index contributed by atoms with van der Waals surface area (Å²) in [6.07, 6.45) is 1.48. The Balaban J connectivity index is 1.96. The molecule has 23 heavy (non-hydrogen) atoms. The third-order valence-electron chi connectivity index (χ3n) is 3.70. The molecule has 7 heteroatoms. The number of nitrogens with zero attached hydrogens (tertiary/aromatic N) is 3. The van der Waals surface area contributed by atoms with Crippen molar-refractivity contribution in [2.75, 3.05) is 5.75 Å². The van der Waals surface area contributed by atoms with Crippen molar-refractivity contribution < 1.29 is 4.79 Å². The minimum absolute atomic E-state index is 0.144. The second-order valence-corrected chi connectivity index (χ2v) is 6.38. The van der Waals surface area contributed by atoms with E-state index in [0.717, 1.165) is 22.0 Å². The molecular formula is C16H15N5OS. The zero-order valence-corrected chi connectivity index (χ0v) is 13.3. The van der Waals surface area contributed by atoms with E-state index in [2.05, 4.69) is 15.4 Å². The number of fused-ring (bicyclic) bond motifs is 2. The molecule has 0 aliphatic carbocycles. The smallest absolute Gasteiger partial charge is 0.276 e. The maximum atomic E-state index is 12.7. The molecule has 1 aromatic heterocycles. The highest BCUT2D eigenvalue weighted by Crippen LogP contribution is 2.29. The number of hydrogen-bond donors (Lipinski definition) is 2. The predicted octanol–water partition coefficient (Wildman–Crippen LogP) is 0.911. The number of thioether (sulfide) groups is 1. The second kappa shape index (κ2) is 5.58. The zero-order valence-electron chi connectivity index (χ0n) is 12.5. The molecule has 1 aromatic carbocycles. The standard InChI is InChI=1S/C16H15N5OS/c1-2-23-16-19-15(22)13-10-6-3-4-7-11(10)18-14(21(13)20-16)12-8-5-9-17-12/h3-9,14,17H,2H2,1H3,(H,19,20,22). The van der Waals surface area contributed by atoms with Crippen LogP contribution in [0.25, 0.3) is 5.70 Å². The fourth-order valence-electron chi connectivity index (χ4n) is 2.74. The number of nitrogens with one attached hydrogen (secondary N) is 2. The van der Waals surface area contributed by atoms with Crippen molar-refractivity contribution >= 4 is 28.5 Å². The molecule has 0 spiro atoms. The summed E-state index contributed by atoms with van der Waals surface area (Å²) >= 11 is 1.50. The van der Waals surface area contributed by atoms with Crippen molar-refractivity contribution in [2.45, 2.75) is 13.1 Å². The van der Waals surface area contributed by atoms with Crippen LogP contribution in [0.15, 0.2) is 52.7 Å². The fraction of sp³-hybridized carbons (Fsp3) is 0.188. The molecular weight excluding hydrogens is 310 g/mol. The van der Waals surface area contributed by atoms with E-state index in [4.69, 9.17) is 4.99 Å². The van der Waals surface area contributed by atoms with E-state index in [9.17, 15) is 4.79 Å². The van der Waals surface area contributed by atoms with E-state index < -0.39 is 0 Å². The molecule has 0 radical (unpaired) electrons. The van der Waals surface area contributed by atoms with Gasteiger partial charge in [0.15, 0.2) is 11.3 Å². The lowest BCUT2D eigenvalue weighted by Gasteiger charge is -2.33. The van der Waals surface area contributed by atoms with Crippen molar-refractivity contribution in [3.8, 4) is 0 Å². The summed E-state index contributed by atoms with van der Waals surface area (Å²) in [6.45, 7) is 2.02. The van der Waals surface area contributed by atoms with Gasteiger partial charge in [-0.05, 0) is 24.0 Å². The molecule has 0 bridgehead atoms. The van der Waals surface area contributed by atoms with Gasteiger partial charge >= 0.3 is 0 Å². The van der Waals surface area contributed by atoms with Gasteiger partial charge in [0.2, 0.25) is 0 Å². The summed E-state index contributed by atoms with van der Waals surface area (Å²) in [5.41, 5.74) is 1.44. The normalized spacial score (nSPS) is 19.4. The van der Waals surface area contributed by atoms with Gasteiger partial charge in [-0.2, -0.15) is 0 Å². The van der Waals surface area contributed by atoms with Gasteiger partial charge in [-0.3, -0.25) is 15.1 Å². The van der Waals surface area contributed by atoms with Gasteiger partial charge in [0, 0.05) is 11.4 Å². The number of amidine groups is 1. The number of carbonyl (C=O) groups excluding carboxylic acids is 1. The molecule has 2 N–H and O–H groups in total. The Morgan fingerprint density at radius 3 is 2.91 bits per heavy atom. The van der Waals surface area contributed by atoms with Crippen molar-refractivity contribution in [1.29, 1.82) is 0 Å². The number of aromatic amines is 1. The van der Waals surface area contributed by atoms with Crippen LogP contribution in [0, 0.1) is 0 Å². The maximum absolute atomic E-state index is 12.7. The Bertz CT molecular complexity index is 903. The monoisotopic (exact) mass is 325 g/mol. The number of benzene rings is 1. The van der Waals surface area contributed by atoms with Crippen LogP contribution in [0.5, 0.6) is 0 Å². The molecule has 116 valence electrons. The number of para-hydroxylation sites is 1. The first-order chi connectivity index (χ1) is 11.3. The Hall–Kier alpha value is -2.54. The summed E-state index contributed by atoms with van der Waals surface area (Å²) in [7, 11) is 0. The van der Waals surface area contributed by atoms with Crippen molar-refractivity contribution in [3.05, 3.63) is 58.9 Å². The predicted molar refractivity (Wildman–Crippen MR) is 89.7 cm³/mol. The number of aromatic nitrogens is 1. The summed E-state index contributed by atoms with van der Waals surface area (Å²) in [5, 5.41) is 11.4. The lowest BCUT2D eigenvalue weighted by atomic mass is 10.1. The fourth-order valence-corrected chi connectivity index (χ4v) is 3.32. The topological polar surface area (TPSA) is 72.8 Å². The quantitative estimate of drug-likeness (QED) is 0.862. The van der Waals surface area contributed by atoms with Crippen LogP contribution in [0.3, 0.4) is 0 Å². The molecule has 2 aromatic rings. The third kappa shape index (κ3) is 2.33. The van der Waals surface area contributed by atoms with Crippen LogP contribution in [-0.4, -0.2) is 26.8 Å².